The number of thiophene rings is 1. The van der Waals surface area contributed by atoms with Gasteiger partial charge in [0, 0.05) is 41.3 Å². The fraction of sp³-hybridized carbons (Fsp3) is 0.306. The largest absolute Gasteiger partial charge is 0.469 e. The minimum atomic E-state index is -1.06. The van der Waals surface area contributed by atoms with E-state index >= 15 is 0 Å². The summed E-state index contributed by atoms with van der Waals surface area (Å²) in [5.74, 6) is -2.04. The lowest BCUT2D eigenvalue weighted by Gasteiger charge is -2.27. The van der Waals surface area contributed by atoms with Crippen LogP contribution in [-0.4, -0.2) is 87.1 Å². The van der Waals surface area contributed by atoms with E-state index in [-0.39, 0.29) is 42.8 Å². The van der Waals surface area contributed by atoms with Crippen LogP contribution < -0.4 is 16.0 Å². The van der Waals surface area contributed by atoms with Gasteiger partial charge in [0.15, 0.2) is 5.82 Å². The average molecular weight is 757 g/mol. The summed E-state index contributed by atoms with van der Waals surface area (Å²) >= 11 is 7.48. The molecule has 1 saturated heterocycles. The first-order valence-electron chi connectivity index (χ1n) is 16.8. The van der Waals surface area contributed by atoms with Crippen LogP contribution in [0.25, 0.3) is 5.00 Å². The number of nitrogens with one attached hydrogen (secondary N) is 3. The molecule has 0 bridgehead atoms. The Hall–Kier alpha value is -5.74. The molecule has 0 saturated carbocycles. The summed E-state index contributed by atoms with van der Waals surface area (Å²) < 4.78 is 6.79. The second-order valence-electron chi connectivity index (χ2n) is 12.7. The number of halogens is 1. The lowest BCUT2D eigenvalue weighted by Crippen LogP contribution is -2.54. The van der Waals surface area contributed by atoms with Gasteiger partial charge in [-0.15, -0.1) is 21.5 Å². The fourth-order valence-electron chi connectivity index (χ4n) is 6.74. The number of imide groups is 2. The van der Waals surface area contributed by atoms with Crippen molar-refractivity contribution in [2.75, 3.05) is 25.5 Å². The number of aromatic nitrogens is 3. The van der Waals surface area contributed by atoms with Crippen LogP contribution in [0.5, 0.6) is 0 Å². The highest BCUT2D eigenvalue weighted by atomic mass is 35.5. The van der Waals surface area contributed by atoms with Gasteiger partial charge >= 0.3 is 5.97 Å². The van der Waals surface area contributed by atoms with Crippen LogP contribution in [0, 0.1) is 13.8 Å². The van der Waals surface area contributed by atoms with E-state index in [2.05, 4.69) is 26.1 Å². The SMILES string of the molecule is COC(=O)C[C@@H]1N=C(c2ccc(Cl)cc2)c2c(sc(C(=O)NCCCNc3cccc4c3C(=O)N(C3CCC(=O)NC3=O)C4=O)c2C)-n2c(C)nnc21. The smallest absolute Gasteiger partial charge is 0.308 e. The number of aryl methyl sites for hydroxylation is 1. The van der Waals surface area contributed by atoms with E-state index in [0.717, 1.165) is 10.5 Å². The molecule has 3 aliphatic rings. The third-order valence-electron chi connectivity index (χ3n) is 9.34. The molecule has 1 fully saturated rings. The van der Waals surface area contributed by atoms with E-state index in [0.29, 0.717) is 62.0 Å². The number of methoxy groups -OCH3 is 1. The number of carbonyl (C=O) groups excluding carboxylic acids is 6. The number of hydrogen-bond donors (Lipinski definition) is 3. The molecule has 2 aromatic carbocycles. The summed E-state index contributed by atoms with van der Waals surface area (Å²) in [6, 6.07) is 10.3. The van der Waals surface area contributed by atoms with E-state index in [1.807, 2.05) is 23.6 Å². The third kappa shape index (κ3) is 6.48. The van der Waals surface area contributed by atoms with Crippen LogP contribution in [0.3, 0.4) is 0 Å². The number of amides is 5. The average Bonchev–Trinajstić information content (AvgIpc) is 3.73. The fourth-order valence-corrected chi connectivity index (χ4v) is 8.14. The first-order valence-corrected chi connectivity index (χ1v) is 18.0. The van der Waals surface area contributed by atoms with Gasteiger partial charge in [-0.3, -0.25) is 48.5 Å². The summed E-state index contributed by atoms with van der Waals surface area (Å²) in [7, 11) is 1.32. The van der Waals surface area contributed by atoms with Crippen LogP contribution in [0.4, 0.5) is 5.69 Å². The standard InChI is InChI=1S/C36H33ClN8O7S/c1-17-27-29(19-8-10-20(37)11-9-19)40-23(16-26(47)52-3)31-43-42-18(2)44(31)36(27)53-30(17)33(49)39-15-5-14-38-22-7-4-6-21-28(22)35(51)45(34(21)50)24-12-13-25(46)41-32(24)48/h4,6-11,23-24,38H,5,12-16H2,1-3H3,(H,39,49)(H,41,46,48)/t23-,24?/m0/s1. The number of nitrogens with zero attached hydrogens (tertiary/aromatic N) is 5. The van der Waals surface area contributed by atoms with Crippen molar-refractivity contribution in [3.05, 3.63) is 91.8 Å². The first-order chi connectivity index (χ1) is 25.5. The zero-order chi connectivity index (χ0) is 37.6. The second kappa shape index (κ2) is 14.4. The first kappa shape index (κ1) is 35.7. The maximum absolute atomic E-state index is 13.7. The molecule has 4 aromatic rings. The molecule has 5 heterocycles. The van der Waals surface area contributed by atoms with Gasteiger partial charge in [-0.2, -0.15) is 0 Å². The van der Waals surface area contributed by atoms with E-state index in [1.165, 1.54) is 24.5 Å². The highest BCUT2D eigenvalue weighted by molar-refractivity contribution is 7.17. The highest BCUT2D eigenvalue weighted by Gasteiger charge is 2.45. The van der Waals surface area contributed by atoms with Crippen LogP contribution in [0.2, 0.25) is 5.02 Å². The minimum absolute atomic E-state index is 0.0321. The van der Waals surface area contributed by atoms with Gasteiger partial charge in [0.05, 0.1) is 35.2 Å². The quantitative estimate of drug-likeness (QED) is 0.122. The molecular weight excluding hydrogens is 724 g/mol. The van der Waals surface area contributed by atoms with Crippen LogP contribution in [-0.2, 0) is 19.1 Å². The molecule has 0 radical (unpaired) electrons. The van der Waals surface area contributed by atoms with Gasteiger partial charge in [0.2, 0.25) is 11.8 Å². The summed E-state index contributed by atoms with van der Waals surface area (Å²) in [5, 5.41) is 18.3. The van der Waals surface area contributed by atoms with Crippen LogP contribution >= 0.6 is 22.9 Å². The normalized spacial score (nSPS) is 17.7. The number of aliphatic imine (C=N–C) groups is 1. The van der Waals surface area contributed by atoms with Crippen molar-refractivity contribution >= 4 is 69.8 Å². The van der Waals surface area contributed by atoms with Gasteiger partial charge in [-0.05, 0) is 56.5 Å². The minimum Gasteiger partial charge on any atom is -0.469 e. The number of anilines is 1. The third-order valence-corrected chi connectivity index (χ3v) is 10.9. The number of ether oxygens (including phenoxy) is 1. The number of piperidine rings is 1. The van der Waals surface area contributed by atoms with E-state index < -0.39 is 41.7 Å². The van der Waals surface area contributed by atoms with Crippen molar-refractivity contribution in [3.8, 4) is 5.00 Å². The molecule has 7 rings (SSSR count). The lowest BCUT2D eigenvalue weighted by atomic mass is 9.99. The van der Waals surface area contributed by atoms with Crippen molar-refractivity contribution in [2.45, 2.75) is 51.6 Å². The number of hydrogen-bond acceptors (Lipinski definition) is 12. The molecule has 5 amide bonds. The summed E-state index contributed by atoms with van der Waals surface area (Å²) in [6.07, 6.45) is 0.510. The predicted octanol–water partition coefficient (Wildman–Crippen LogP) is 3.69. The molecule has 3 N–H and O–H groups in total. The molecule has 0 aliphatic carbocycles. The van der Waals surface area contributed by atoms with Gasteiger partial charge in [0.1, 0.15) is 22.9 Å². The Labute approximate surface area is 311 Å². The van der Waals surface area contributed by atoms with E-state index in [9.17, 15) is 28.8 Å². The van der Waals surface area contributed by atoms with Gasteiger partial charge in [-0.1, -0.05) is 29.8 Å². The lowest BCUT2D eigenvalue weighted by molar-refractivity contribution is -0.141. The molecule has 17 heteroatoms. The Morgan fingerprint density at radius 1 is 1.02 bits per heavy atom. The molecule has 3 aliphatic heterocycles. The van der Waals surface area contributed by atoms with E-state index in [4.69, 9.17) is 21.3 Å². The summed E-state index contributed by atoms with van der Waals surface area (Å²) in [6.45, 7) is 4.29. The number of esters is 1. The second-order valence-corrected chi connectivity index (χ2v) is 14.1. The molecule has 272 valence electrons. The molecular formula is C36H33ClN8O7S. The number of carbonyl (C=O) groups is 6. The summed E-state index contributed by atoms with van der Waals surface area (Å²) in [4.78, 5) is 83.2. The Morgan fingerprint density at radius 3 is 2.53 bits per heavy atom. The zero-order valence-electron chi connectivity index (χ0n) is 28.8. The predicted molar refractivity (Wildman–Crippen MR) is 194 cm³/mol. The van der Waals surface area contributed by atoms with Gasteiger partial charge in [-0.25, -0.2) is 0 Å². The van der Waals surface area contributed by atoms with Gasteiger partial charge < -0.3 is 15.4 Å². The maximum atomic E-state index is 13.7. The van der Waals surface area contributed by atoms with Crippen LogP contribution in [0.15, 0.2) is 47.5 Å². The Bertz CT molecular complexity index is 2250. The maximum Gasteiger partial charge on any atom is 0.308 e. The molecule has 2 atom stereocenters. The van der Waals surface area contributed by atoms with Crippen molar-refractivity contribution < 1.29 is 33.5 Å². The zero-order valence-corrected chi connectivity index (χ0v) is 30.4. The molecule has 53 heavy (non-hydrogen) atoms. The Balaban J connectivity index is 1.08. The topological polar surface area (TPSA) is 194 Å². The van der Waals surface area contributed by atoms with Crippen molar-refractivity contribution in [3.63, 3.8) is 0 Å². The molecule has 15 nitrogen and oxygen atoms in total. The van der Waals surface area contributed by atoms with Crippen molar-refractivity contribution in [1.29, 1.82) is 0 Å². The monoisotopic (exact) mass is 756 g/mol. The Kier molecular flexibility index (Phi) is 9.65. The van der Waals surface area contributed by atoms with Crippen molar-refractivity contribution in [1.82, 2.24) is 30.3 Å². The molecule has 2 aromatic heterocycles. The van der Waals surface area contributed by atoms with Gasteiger partial charge in [0.25, 0.3) is 17.7 Å². The van der Waals surface area contributed by atoms with Crippen molar-refractivity contribution in [2.24, 2.45) is 4.99 Å². The Morgan fingerprint density at radius 2 is 1.79 bits per heavy atom. The highest BCUT2D eigenvalue weighted by Crippen LogP contribution is 2.40. The van der Waals surface area contributed by atoms with Crippen LogP contribution in [0.1, 0.15) is 90.5 Å². The molecule has 1 unspecified atom stereocenters. The van der Waals surface area contributed by atoms with E-state index in [1.54, 1.807) is 31.2 Å². The molecule has 0 spiro atoms. The number of rotatable bonds is 10. The summed E-state index contributed by atoms with van der Waals surface area (Å²) in [5.41, 5.74) is 3.49. The number of benzene rings is 2. The number of fused-ring (bicyclic) bond motifs is 4.